The van der Waals surface area contributed by atoms with Crippen molar-refractivity contribution in [2.75, 3.05) is 24.5 Å². The van der Waals surface area contributed by atoms with Gasteiger partial charge in [0.25, 0.3) is 5.91 Å². The number of anilines is 1. The van der Waals surface area contributed by atoms with E-state index in [1.54, 1.807) is 24.3 Å². The van der Waals surface area contributed by atoms with Crippen LogP contribution >= 0.6 is 0 Å². The summed E-state index contributed by atoms with van der Waals surface area (Å²) in [6.45, 7) is 0.810. The maximum Gasteiger partial charge on any atom is 0.254 e. The standard InChI is InChI=1S/C15H22N8O2/c16-14(17)20-6-5-10-13(25)23(8-7-21-15(18)19)11-4-2-1-3-9(11)12(24)22-10/h1-4,10H,5-8H2,(H,22,24)(H4,16,17,20)(H4,18,19,21). The molecule has 0 spiro atoms. The second-order valence-electron chi connectivity index (χ2n) is 5.50. The van der Waals surface area contributed by atoms with Crippen molar-refractivity contribution >= 4 is 29.4 Å². The number of rotatable bonds is 6. The van der Waals surface area contributed by atoms with Crippen molar-refractivity contribution in [2.45, 2.75) is 12.5 Å². The van der Waals surface area contributed by atoms with Crippen molar-refractivity contribution in [3.8, 4) is 0 Å². The van der Waals surface area contributed by atoms with Gasteiger partial charge in [-0.1, -0.05) is 12.1 Å². The van der Waals surface area contributed by atoms with Gasteiger partial charge in [0.05, 0.1) is 11.3 Å². The molecule has 1 heterocycles. The summed E-state index contributed by atoms with van der Waals surface area (Å²) >= 11 is 0. The van der Waals surface area contributed by atoms with Crippen LogP contribution in [0.25, 0.3) is 0 Å². The predicted molar refractivity (Wildman–Crippen MR) is 94.5 cm³/mol. The normalized spacial score (nSPS) is 16.5. The largest absolute Gasteiger partial charge is 0.370 e. The molecule has 1 aliphatic rings. The molecule has 1 aromatic rings. The van der Waals surface area contributed by atoms with Crippen LogP contribution in [0, 0.1) is 10.8 Å². The smallest absolute Gasteiger partial charge is 0.254 e. The van der Waals surface area contributed by atoms with E-state index in [0.717, 1.165) is 0 Å². The van der Waals surface area contributed by atoms with E-state index in [0.29, 0.717) is 11.3 Å². The van der Waals surface area contributed by atoms with Crippen LogP contribution < -0.4 is 32.3 Å². The van der Waals surface area contributed by atoms with Crippen LogP contribution in [0.1, 0.15) is 16.8 Å². The van der Waals surface area contributed by atoms with Crippen LogP contribution in [0.15, 0.2) is 24.3 Å². The molecule has 0 saturated heterocycles. The Kier molecular flexibility index (Phi) is 5.77. The predicted octanol–water partition coefficient (Wildman–Crippen LogP) is -1.51. The summed E-state index contributed by atoms with van der Waals surface area (Å²) in [5.74, 6) is -0.988. The molecule has 0 saturated carbocycles. The van der Waals surface area contributed by atoms with E-state index in [2.05, 4.69) is 16.0 Å². The molecule has 0 aliphatic carbocycles. The summed E-state index contributed by atoms with van der Waals surface area (Å²) < 4.78 is 0. The molecule has 2 rings (SSSR count). The number of carbonyl (C=O) groups excluding carboxylic acids is 2. The van der Waals surface area contributed by atoms with Crippen molar-refractivity contribution in [2.24, 2.45) is 11.5 Å². The molecule has 0 aromatic heterocycles. The SMILES string of the molecule is N=C(N)NCCC1NC(=O)c2ccccc2N(CCNC(=N)N)C1=O. The van der Waals surface area contributed by atoms with E-state index < -0.39 is 6.04 Å². The van der Waals surface area contributed by atoms with Gasteiger partial charge in [-0.25, -0.2) is 0 Å². The second kappa shape index (κ2) is 7.99. The number of fused-ring (bicyclic) bond motifs is 1. The first-order valence-electron chi connectivity index (χ1n) is 7.77. The zero-order valence-corrected chi connectivity index (χ0v) is 13.6. The van der Waals surface area contributed by atoms with Gasteiger partial charge >= 0.3 is 0 Å². The van der Waals surface area contributed by atoms with Crippen LogP contribution in [-0.4, -0.2) is 49.4 Å². The lowest BCUT2D eigenvalue weighted by atomic mass is 10.1. The first-order chi connectivity index (χ1) is 11.9. The number of nitrogens with zero attached hydrogens (tertiary/aromatic N) is 1. The molecule has 1 aromatic carbocycles. The molecule has 10 nitrogen and oxygen atoms in total. The van der Waals surface area contributed by atoms with E-state index >= 15 is 0 Å². The minimum absolute atomic E-state index is 0.188. The summed E-state index contributed by atoms with van der Waals surface area (Å²) in [5.41, 5.74) is 11.4. The average Bonchev–Trinajstić information content (AvgIpc) is 2.65. The number of guanidine groups is 2. The lowest BCUT2D eigenvalue weighted by Gasteiger charge is -2.25. The molecule has 1 atom stereocenters. The first-order valence-corrected chi connectivity index (χ1v) is 7.77. The van der Waals surface area contributed by atoms with Gasteiger partial charge in [-0.15, -0.1) is 0 Å². The fraction of sp³-hybridized carbons (Fsp3) is 0.333. The Labute approximate surface area is 144 Å². The van der Waals surface area contributed by atoms with Gasteiger partial charge < -0.3 is 32.3 Å². The van der Waals surface area contributed by atoms with Crippen LogP contribution in [0.2, 0.25) is 0 Å². The summed E-state index contributed by atoms with van der Waals surface area (Å²) in [6, 6.07) is 6.09. The fourth-order valence-corrected chi connectivity index (χ4v) is 2.59. The number of nitrogens with one attached hydrogen (secondary N) is 5. The zero-order chi connectivity index (χ0) is 18.4. The topological polar surface area (TPSA) is 173 Å². The van der Waals surface area contributed by atoms with E-state index in [4.69, 9.17) is 22.3 Å². The Morgan fingerprint density at radius 1 is 1.12 bits per heavy atom. The van der Waals surface area contributed by atoms with Crippen LogP contribution in [-0.2, 0) is 4.79 Å². The van der Waals surface area contributed by atoms with Gasteiger partial charge in [-0.3, -0.25) is 20.4 Å². The van der Waals surface area contributed by atoms with Crippen molar-refractivity contribution in [3.05, 3.63) is 29.8 Å². The van der Waals surface area contributed by atoms with Gasteiger partial charge in [0.15, 0.2) is 11.9 Å². The number of nitrogens with two attached hydrogens (primary N) is 2. The van der Waals surface area contributed by atoms with E-state index in [1.807, 2.05) is 0 Å². The molecule has 25 heavy (non-hydrogen) atoms. The maximum absolute atomic E-state index is 12.9. The van der Waals surface area contributed by atoms with Crippen molar-refractivity contribution < 1.29 is 9.59 Å². The zero-order valence-electron chi connectivity index (χ0n) is 13.6. The Morgan fingerprint density at radius 3 is 2.44 bits per heavy atom. The fourth-order valence-electron chi connectivity index (χ4n) is 2.59. The summed E-state index contributed by atoms with van der Waals surface area (Å²) in [7, 11) is 0. The lowest BCUT2D eigenvalue weighted by molar-refractivity contribution is -0.120. The summed E-state index contributed by atoms with van der Waals surface area (Å²) in [5, 5.41) is 22.4. The monoisotopic (exact) mass is 346 g/mol. The Bertz CT molecular complexity index is 690. The molecular formula is C15H22N8O2. The highest BCUT2D eigenvalue weighted by Crippen LogP contribution is 2.24. The first kappa shape index (κ1) is 18.0. The third kappa shape index (κ3) is 4.59. The number of hydrogen-bond acceptors (Lipinski definition) is 4. The quantitative estimate of drug-likeness (QED) is 0.243. The second-order valence-corrected chi connectivity index (χ2v) is 5.50. The molecule has 9 N–H and O–H groups in total. The maximum atomic E-state index is 12.9. The van der Waals surface area contributed by atoms with Gasteiger partial charge in [0, 0.05) is 19.6 Å². The molecule has 2 amide bonds. The number of amides is 2. The third-order valence-corrected chi connectivity index (χ3v) is 3.71. The van der Waals surface area contributed by atoms with Crippen molar-refractivity contribution in [1.29, 1.82) is 10.8 Å². The number of hydrogen-bond donors (Lipinski definition) is 7. The summed E-state index contributed by atoms with van der Waals surface area (Å²) in [4.78, 5) is 26.8. The van der Waals surface area contributed by atoms with Crippen molar-refractivity contribution in [1.82, 2.24) is 16.0 Å². The molecule has 0 bridgehead atoms. The molecule has 0 radical (unpaired) electrons. The molecule has 134 valence electrons. The van der Waals surface area contributed by atoms with Crippen molar-refractivity contribution in [3.63, 3.8) is 0 Å². The Balaban J connectivity index is 2.22. The van der Waals surface area contributed by atoms with E-state index in [9.17, 15) is 9.59 Å². The summed E-state index contributed by atoms with van der Waals surface area (Å²) in [6.07, 6.45) is 0.286. The van der Waals surface area contributed by atoms with Gasteiger partial charge in [-0.2, -0.15) is 0 Å². The van der Waals surface area contributed by atoms with E-state index in [1.165, 1.54) is 4.90 Å². The van der Waals surface area contributed by atoms with E-state index in [-0.39, 0.29) is 49.8 Å². The molecule has 10 heteroatoms. The van der Waals surface area contributed by atoms with Crippen LogP contribution in [0.5, 0.6) is 0 Å². The highest BCUT2D eigenvalue weighted by Gasteiger charge is 2.33. The molecular weight excluding hydrogens is 324 g/mol. The highest BCUT2D eigenvalue weighted by atomic mass is 16.2. The average molecular weight is 346 g/mol. The van der Waals surface area contributed by atoms with Gasteiger partial charge in [0.1, 0.15) is 6.04 Å². The van der Waals surface area contributed by atoms with Gasteiger partial charge in [-0.05, 0) is 18.6 Å². The molecule has 0 fully saturated rings. The van der Waals surface area contributed by atoms with Crippen LogP contribution in [0.3, 0.4) is 0 Å². The minimum atomic E-state index is -0.746. The van der Waals surface area contributed by atoms with Crippen LogP contribution in [0.4, 0.5) is 5.69 Å². The minimum Gasteiger partial charge on any atom is -0.370 e. The number of benzene rings is 1. The van der Waals surface area contributed by atoms with Gasteiger partial charge in [0.2, 0.25) is 5.91 Å². The number of carbonyl (C=O) groups is 2. The molecule has 1 unspecified atom stereocenters. The number of para-hydroxylation sites is 1. The third-order valence-electron chi connectivity index (χ3n) is 3.71. The Hall–Kier alpha value is -3.30. The molecule has 1 aliphatic heterocycles. The lowest BCUT2D eigenvalue weighted by Crippen LogP contribution is -2.49. The highest BCUT2D eigenvalue weighted by molar-refractivity contribution is 6.11. The Morgan fingerprint density at radius 2 is 1.76 bits per heavy atom.